The summed E-state index contributed by atoms with van der Waals surface area (Å²) in [5.74, 6) is 0. The number of halogens is 18. The average Bonchev–Trinajstić information content (AvgIpc) is 3.10. The minimum absolute atomic E-state index is 2.54. The van der Waals surface area contributed by atoms with Gasteiger partial charge in [0, 0.05) is 0 Å². The van der Waals surface area contributed by atoms with Crippen LogP contribution in [0, 0.1) is 32.5 Å². The average molecular weight is 707 g/mol. The van der Waals surface area contributed by atoms with E-state index in [9.17, 15) is 79.0 Å². The van der Waals surface area contributed by atoms with Crippen LogP contribution < -0.4 is 0 Å². The van der Waals surface area contributed by atoms with Gasteiger partial charge in [0.15, 0.2) is 0 Å². The molecular formula is C26H36F18O. The minimum Gasteiger partial charge on any atom is -0.356 e. The van der Waals surface area contributed by atoms with Crippen molar-refractivity contribution in [3.8, 4) is 0 Å². The molecule has 0 rings (SSSR count). The summed E-state index contributed by atoms with van der Waals surface area (Å²) in [7, 11) is 0. The summed E-state index contributed by atoms with van der Waals surface area (Å²) in [6.07, 6.45) is 0. The smallest absolute Gasteiger partial charge is 0.137 e. The van der Waals surface area contributed by atoms with Crippen molar-refractivity contribution in [2.75, 3.05) is 120 Å². The molecule has 45 heavy (non-hydrogen) atoms. The largest absolute Gasteiger partial charge is 0.356 e. The van der Waals surface area contributed by atoms with E-state index in [-0.39, 0.29) is 0 Å². The van der Waals surface area contributed by atoms with Gasteiger partial charge in [-0.2, -0.15) is 0 Å². The molecule has 0 radical (unpaired) electrons. The Kier molecular flexibility index (Phi) is 16.7. The Labute approximate surface area is 248 Å². The van der Waals surface area contributed by atoms with E-state index in [1.54, 1.807) is 0 Å². The first-order valence-corrected chi connectivity index (χ1v) is 13.1. The van der Waals surface area contributed by atoms with E-state index in [1.165, 1.54) is 0 Å². The lowest BCUT2D eigenvalue weighted by Crippen LogP contribution is -2.77. The number of rotatable bonds is 26. The van der Waals surface area contributed by atoms with Crippen LogP contribution in [0.4, 0.5) is 79.0 Å². The Morgan fingerprint density at radius 3 is 0.511 bits per heavy atom. The molecule has 0 aliphatic heterocycles. The molecule has 0 unspecified atom stereocenters. The predicted octanol–water partition coefficient (Wildman–Crippen LogP) is 7.85. The molecule has 0 N–H and O–H groups in total. The SMILES string of the molecule is FCC(CF)(CF)C(CF)(CF)C(CF)(CF)C(CF)(CF)OC(CF)(CF)C(CF)(CF)C(CF)(CF)C(CF)(CF)CF. The van der Waals surface area contributed by atoms with E-state index in [0.29, 0.717) is 0 Å². The van der Waals surface area contributed by atoms with Crippen molar-refractivity contribution in [1.82, 2.24) is 0 Å². The molecule has 0 amide bonds. The molecule has 0 heterocycles. The van der Waals surface area contributed by atoms with Gasteiger partial charge < -0.3 is 4.74 Å². The normalized spacial score (nSPS) is 14.8. The molecular weight excluding hydrogens is 670 g/mol. The van der Waals surface area contributed by atoms with Gasteiger partial charge in [0.05, 0.1) is 59.2 Å². The topological polar surface area (TPSA) is 9.23 Å². The summed E-state index contributed by atoms with van der Waals surface area (Å²) in [5.41, 5.74) is -34.2. The van der Waals surface area contributed by atoms with E-state index < -0.39 is 164 Å². The van der Waals surface area contributed by atoms with Gasteiger partial charge in [-0.15, -0.1) is 0 Å². The maximum atomic E-state index is 15.0. The van der Waals surface area contributed by atoms with Crippen molar-refractivity contribution in [2.45, 2.75) is 11.2 Å². The Morgan fingerprint density at radius 2 is 0.400 bits per heavy atom. The zero-order valence-electron chi connectivity index (χ0n) is 23.9. The molecule has 0 aliphatic rings. The highest BCUT2D eigenvalue weighted by atomic mass is 19.2. The standard InChI is InChI=1S/C26H36F18O/c27-1-19(2-28,3-29)21(7-33,8-34)23(11-37,12-38)25(15-41,16-42)45-26(17-43,18-44)24(13-39,14-40)22(9-35,10-36)20(4-30,5-31)6-32/h1-18H2. The molecule has 0 spiro atoms. The van der Waals surface area contributed by atoms with Gasteiger partial charge >= 0.3 is 0 Å². The summed E-state index contributed by atoms with van der Waals surface area (Å²) in [6.45, 7) is -49.8. The van der Waals surface area contributed by atoms with Crippen LogP contribution >= 0.6 is 0 Å². The predicted molar refractivity (Wildman–Crippen MR) is 129 cm³/mol. The van der Waals surface area contributed by atoms with E-state index in [4.69, 9.17) is 4.74 Å². The molecule has 0 aromatic rings. The highest BCUT2D eigenvalue weighted by Gasteiger charge is 2.77. The Hall–Kier alpha value is -1.30. The van der Waals surface area contributed by atoms with Crippen molar-refractivity contribution in [1.29, 1.82) is 0 Å². The molecule has 19 heteroatoms. The van der Waals surface area contributed by atoms with Crippen LogP contribution in [0.15, 0.2) is 0 Å². The number of hydrogen-bond donors (Lipinski definition) is 0. The second-order valence-corrected chi connectivity index (χ2v) is 11.4. The summed E-state index contributed by atoms with van der Waals surface area (Å²) in [4.78, 5) is 0. The van der Waals surface area contributed by atoms with Crippen LogP contribution in [0.3, 0.4) is 0 Å². The van der Waals surface area contributed by atoms with Gasteiger partial charge in [0.1, 0.15) is 105 Å². The zero-order chi connectivity index (χ0) is 35.4. The monoisotopic (exact) mass is 706 g/mol. The van der Waals surface area contributed by atoms with Crippen molar-refractivity contribution in [2.24, 2.45) is 32.5 Å². The molecule has 1 nitrogen and oxygen atoms in total. The summed E-state index contributed by atoms with van der Waals surface area (Å²) >= 11 is 0. The van der Waals surface area contributed by atoms with Crippen LogP contribution in [-0.4, -0.2) is 131 Å². The fraction of sp³-hybridized carbons (Fsp3) is 1.00. The van der Waals surface area contributed by atoms with Gasteiger partial charge in [-0.1, -0.05) is 0 Å². The molecule has 0 saturated carbocycles. The lowest BCUT2D eigenvalue weighted by atomic mass is 9.46. The van der Waals surface area contributed by atoms with Crippen molar-refractivity contribution in [3.05, 3.63) is 0 Å². The van der Waals surface area contributed by atoms with Gasteiger partial charge in [0.25, 0.3) is 0 Å². The van der Waals surface area contributed by atoms with Crippen LogP contribution in [0.1, 0.15) is 0 Å². The van der Waals surface area contributed by atoms with E-state index >= 15 is 0 Å². The van der Waals surface area contributed by atoms with Crippen LogP contribution in [0.5, 0.6) is 0 Å². The van der Waals surface area contributed by atoms with Crippen molar-refractivity contribution in [3.63, 3.8) is 0 Å². The maximum Gasteiger partial charge on any atom is 0.137 e. The van der Waals surface area contributed by atoms with E-state index in [1.807, 2.05) is 0 Å². The van der Waals surface area contributed by atoms with Gasteiger partial charge in [-0.25, -0.2) is 17.6 Å². The maximum absolute atomic E-state index is 15.0. The molecule has 0 aliphatic carbocycles. The zero-order valence-corrected chi connectivity index (χ0v) is 23.9. The summed E-state index contributed by atoms with van der Waals surface area (Å²) in [5, 5.41) is 0. The molecule has 272 valence electrons. The minimum atomic E-state index is -4.59. The molecule has 0 aromatic carbocycles. The first-order valence-electron chi connectivity index (χ1n) is 13.1. The molecule has 0 saturated heterocycles. The molecule has 0 aromatic heterocycles. The van der Waals surface area contributed by atoms with E-state index in [0.717, 1.165) is 0 Å². The van der Waals surface area contributed by atoms with Crippen LogP contribution in [0.2, 0.25) is 0 Å². The Bertz CT molecular complexity index is 732. The summed E-state index contributed by atoms with van der Waals surface area (Å²) < 4.78 is 269. The Morgan fingerprint density at radius 1 is 0.222 bits per heavy atom. The third-order valence-corrected chi connectivity index (χ3v) is 10.2. The highest BCUT2D eigenvalue weighted by molar-refractivity contribution is 5.21. The number of ether oxygens (including phenoxy) is 1. The fourth-order valence-electron chi connectivity index (χ4n) is 6.35. The van der Waals surface area contributed by atoms with Crippen LogP contribution in [0.25, 0.3) is 0 Å². The third-order valence-electron chi connectivity index (χ3n) is 10.2. The third kappa shape index (κ3) is 5.57. The molecule has 0 atom stereocenters. The second-order valence-electron chi connectivity index (χ2n) is 11.4. The van der Waals surface area contributed by atoms with Gasteiger partial charge in [-0.3, -0.25) is 61.5 Å². The quantitative estimate of drug-likeness (QED) is 0.0834. The lowest BCUT2D eigenvalue weighted by Gasteiger charge is -2.64. The van der Waals surface area contributed by atoms with Crippen molar-refractivity contribution < 1.29 is 83.8 Å². The second kappa shape index (κ2) is 17.2. The summed E-state index contributed by atoms with van der Waals surface area (Å²) in [6, 6.07) is 0. The first-order chi connectivity index (χ1) is 21.3. The molecule has 0 fully saturated rings. The van der Waals surface area contributed by atoms with Crippen molar-refractivity contribution >= 4 is 0 Å². The highest BCUT2D eigenvalue weighted by Crippen LogP contribution is 2.65. The number of hydrogen-bond acceptors (Lipinski definition) is 1. The number of alkyl halides is 18. The lowest BCUT2D eigenvalue weighted by molar-refractivity contribution is -0.344. The molecule has 0 bridgehead atoms. The fourth-order valence-corrected chi connectivity index (χ4v) is 6.35. The van der Waals surface area contributed by atoms with Gasteiger partial charge in [-0.05, 0) is 0 Å². The van der Waals surface area contributed by atoms with Crippen LogP contribution in [-0.2, 0) is 4.74 Å². The Balaban J connectivity index is 8.54. The van der Waals surface area contributed by atoms with Gasteiger partial charge in [0.2, 0.25) is 0 Å². The first kappa shape index (κ1) is 43.7. The van der Waals surface area contributed by atoms with E-state index in [2.05, 4.69) is 0 Å².